The van der Waals surface area contributed by atoms with E-state index in [1.54, 1.807) is 12.1 Å². The van der Waals surface area contributed by atoms with Crippen molar-refractivity contribution in [1.82, 2.24) is 0 Å². The van der Waals surface area contributed by atoms with Gasteiger partial charge in [-0.3, -0.25) is 9.69 Å². The number of aliphatic hydroxyl groups is 1. The van der Waals surface area contributed by atoms with Crippen LogP contribution in [0.3, 0.4) is 0 Å². The Hall–Kier alpha value is -1.36. The van der Waals surface area contributed by atoms with E-state index in [2.05, 4.69) is 15.9 Å². The highest BCUT2D eigenvalue weighted by Gasteiger charge is 2.33. The van der Waals surface area contributed by atoms with E-state index in [-0.39, 0.29) is 4.83 Å². The maximum Gasteiger partial charge on any atom is 0.325 e. The zero-order valence-electron chi connectivity index (χ0n) is 10.3. The number of halogens is 2. The number of fused-ring (bicyclic) bond motifs is 2. The Morgan fingerprint density at radius 3 is 2.15 bits per heavy atom. The molecule has 2 aromatic carbocycles. The molecule has 0 spiro atoms. The Labute approximate surface area is 129 Å². The predicted octanol–water partition coefficient (Wildman–Crippen LogP) is 4.67. The molecule has 20 heavy (non-hydrogen) atoms. The molecule has 2 aromatic rings. The first-order chi connectivity index (χ1) is 9.61. The number of alkyl halides is 1. The second-order valence-electron chi connectivity index (χ2n) is 4.55. The maximum atomic E-state index is 11.9. The molecule has 1 aliphatic heterocycles. The average Bonchev–Trinajstić information content (AvgIpc) is 2.55. The molecule has 5 heteroatoms. The highest BCUT2D eigenvalue weighted by Crippen LogP contribution is 2.48. The van der Waals surface area contributed by atoms with E-state index in [1.165, 1.54) is 4.90 Å². The van der Waals surface area contributed by atoms with E-state index in [1.807, 2.05) is 36.4 Å². The summed E-state index contributed by atoms with van der Waals surface area (Å²) in [6.45, 7) is 0. The van der Waals surface area contributed by atoms with Crippen LogP contribution in [-0.4, -0.2) is 10.5 Å². The predicted molar refractivity (Wildman–Crippen MR) is 82.9 cm³/mol. The number of para-hydroxylation sites is 2. The minimum Gasteiger partial charge on any atom is -0.387 e. The van der Waals surface area contributed by atoms with Crippen molar-refractivity contribution < 1.29 is 9.90 Å². The number of hydrogen-bond donors (Lipinski definition) is 1. The summed E-state index contributed by atoms with van der Waals surface area (Å²) >= 11 is 9.29. The van der Waals surface area contributed by atoms with E-state index >= 15 is 0 Å². The Bertz CT molecular complexity index is 625. The molecule has 2 atom stereocenters. The van der Waals surface area contributed by atoms with Crippen molar-refractivity contribution in [3.05, 3.63) is 59.7 Å². The van der Waals surface area contributed by atoms with Gasteiger partial charge in [0.1, 0.15) is 0 Å². The molecule has 3 rings (SSSR count). The summed E-state index contributed by atoms with van der Waals surface area (Å²) in [6, 6.07) is 14.6. The number of nitrogens with zero attached hydrogens (tertiary/aromatic N) is 1. The van der Waals surface area contributed by atoms with Gasteiger partial charge in [-0.05, 0) is 29.3 Å². The van der Waals surface area contributed by atoms with Gasteiger partial charge in [-0.25, -0.2) is 0 Å². The Balaban J connectivity index is 2.33. The number of amides is 1. The first kappa shape index (κ1) is 13.6. The summed E-state index contributed by atoms with van der Waals surface area (Å²) in [5.74, 6) is 0. The topological polar surface area (TPSA) is 40.5 Å². The molecular weight excluding hydrogens is 342 g/mol. The lowest BCUT2D eigenvalue weighted by Gasteiger charge is -2.22. The third-order valence-electron chi connectivity index (χ3n) is 3.42. The number of aliphatic hydroxyl groups excluding tert-OH is 1. The second kappa shape index (κ2) is 5.20. The molecule has 1 amide bonds. The average molecular weight is 353 g/mol. The fourth-order valence-corrected chi connectivity index (χ4v) is 3.37. The van der Waals surface area contributed by atoms with E-state index in [0.717, 1.165) is 5.56 Å². The number of rotatable bonds is 0. The van der Waals surface area contributed by atoms with Crippen LogP contribution < -0.4 is 4.90 Å². The fraction of sp³-hybridized carbons (Fsp3) is 0.133. The van der Waals surface area contributed by atoms with Crippen LogP contribution in [0.25, 0.3) is 0 Å². The summed E-state index contributed by atoms with van der Waals surface area (Å²) in [6.07, 6.45) is -0.756. The van der Waals surface area contributed by atoms with Crippen LogP contribution in [-0.2, 0) is 0 Å². The van der Waals surface area contributed by atoms with Crippen LogP contribution in [0.5, 0.6) is 0 Å². The smallest absolute Gasteiger partial charge is 0.325 e. The number of carbonyl (C=O) groups is 1. The first-order valence-electron chi connectivity index (χ1n) is 6.11. The first-order valence-corrected chi connectivity index (χ1v) is 7.40. The standard InChI is InChI=1S/C15H11BrClNO2/c16-13-9-5-1-3-7-11(9)18(15(17)20)12-8-4-2-6-10(12)14(13)19/h1-8,13-14,19H. The minimum absolute atomic E-state index is 0.305. The number of carbonyl (C=O) groups excluding carboxylic acids is 1. The summed E-state index contributed by atoms with van der Waals surface area (Å²) in [4.78, 5) is 13.0. The number of benzene rings is 2. The van der Waals surface area contributed by atoms with Crippen LogP contribution in [0.4, 0.5) is 16.2 Å². The molecule has 0 saturated carbocycles. The molecular formula is C15H11BrClNO2. The van der Waals surface area contributed by atoms with Crippen LogP contribution in [0.2, 0.25) is 0 Å². The molecule has 0 fully saturated rings. The van der Waals surface area contributed by atoms with Gasteiger partial charge >= 0.3 is 5.37 Å². The molecule has 3 nitrogen and oxygen atoms in total. The normalized spacial score (nSPS) is 20.9. The molecule has 0 bridgehead atoms. The van der Waals surface area contributed by atoms with Crippen molar-refractivity contribution in [3.8, 4) is 0 Å². The minimum atomic E-state index is -0.756. The van der Waals surface area contributed by atoms with Crippen molar-refractivity contribution in [3.63, 3.8) is 0 Å². The summed E-state index contributed by atoms with van der Waals surface area (Å²) < 4.78 is 0. The summed E-state index contributed by atoms with van der Waals surface area (Å²) in [5.41, 5.74) is 2.78. The van der Waals surface area contributed by atoms with Crippen molar-refractivity contribution >= 4 is 44.3 Å². The van der Waals surface area contributed by atoms with Gasteiger partial charge in [-0.15, -0.1) is 0 Å². The molecule has 0 aromatic heterocycles. The van der Waals surface area contributed by atoms with Crippen molar-refractivity contribution in [2.45, 2.75) is 10.9 Å². The highest BCUT2D eigenvalue weighted by molar-refractivity contribution is 9.09. The Morgan fingerprint density at radius 1 is 1.05 bits per heavy atom. The largest absolute Gasteiger partial charge is 0.387 e. The quantitative estimate of drug-likeness (QED) is 0.425. The van der Waals surface area contributed by atoms with Gasteiger partial charge in [0.15, 0.2) is 0 Å². The van der Waals surface area contributed by atoms with Crippen molar-refractivity contribution in [2.24, 2.45) is 0 Å². The van der Waals surface area contributed by atoms with Crippen LogP contribution in [0, 0.1) is 0 Å². The van der Waals surface area contributed by atoms with Crippen molar-refractivity contribution in [2.75, 3.05) is 4.90 Å². The van der Waals surface area contributed by atoms with Crippen LogP contribution >= 0.6 is 27.5 Å². The molecule has 1 aliphatic rings. The lowest BCUT2D eigenvalue weighted by molar-refractivity contribution is 0.178. The van der Waals surface area contributed by atoms with E-state index in [9.17, 15) is 9.90 Å². The third-order valence-corrected chi connectivity index (χ3v) is 4.59. The van der Waals surface area contributed by atoms with Crippen LogP contribution in [0.15, 0.2) is 48.5 Å². The zero-order valence-corrected chi connectivity index (χ0v) is 12.7. The van der Waals surface area contributed by atoms with E-state index in [0.29, 0.717) is 16.9 Å². The Morgan fingerprint density at radius 2 is 1.55 bits per heavy atom. The second-order valence-corrected chi connectivity index (χ2v) is 5.86. The van der Waals surface area contributed by atoms with Gasteiger partial charge in [-0.2, -0.15) is 0 Å². The fourth-order valence-electron chi connectivity index (χ4n) is 2.51. The molecule has 1 heterocycles. The molecule has 102 valence electrons. The van der Waals surface area contributed by atoms with Gasteiger partial charge < -0.3 is 5.11 Å². The monoisotopic (exact) mass is 351 g/mol. The SMILES string of the molecule is O=C(Cl)N1c2ccccc2C(O)C(Br)c2ccccc21. The van der Waals surface area contributed by atoms with Crippen molar-refractivity contribution in [1.29, 1.82) is 0 Å². The zero-order chi connectivity index (χ0) is 14.3. The molecule has 1 N–H and O–H groups in total. The third kappa shape index (κ3) is 2.04. The van der Waals surface area contributed by atoms with E-state index in [4.69, 9.17) is 11.6 Å². The molecule has 2 unspecified atom stereocenters. The molecule has 0 radical (unpaired) electrons. The molecule has 0 saturated heterocycles. The number of hydrogen-bond acceptors (Lipinski definition) is 2. The van der Waals surface area contributed by atoms with Gasteiger partial charge in [0.25, 0.3) is 0 Å². The molecule has 0 aliphatic carbocycles. The summed E-state index contributed by atoms with van der Waals surface area (Å²) in [5, 5.41) is 9.93. The Kier molecular flexibility index (Phi) is 3.54. The summed E-state index contributed by atoms with van der Waals surface area (Å²) in [7, 11) is 0. The number of anilines is 2. The van der Waals surface area contributed by atoms with E-state index < -0.39 is 11.5 Å². The highest BCUT2D eigenvalue weighted by atomic mass is 79.9. The van der Waals surface area contributed by atoms with Gasteiger partial charge in [-0.1, -0.05) is 52.3 Å². The van der Waals surface area contributed by atoms with Gasteiger partial charge in [0.05, 0.1) is 22.3 Å². The maximum absolute atomic E-state index is 11.9. The van der Waals surface area contributed by atoms with Crippen LogP contribution in [0.1, 0.15) is 22.1 Å². The lowest BCUT2D eigenvalue weighted by atomic mass is 10.0. The van der Waals surface area contributed by atoms with Gasteiger partial charge in [0, 0.05) is 5.56 Å². The lowest BCUT2D eigenvalue weighted by Crippen LogP contribution is -2.20. The van der Waals surface area contributed by atoms with Gasteiger partial charge in [0.2, 0.25) is 0 Å².